The van der Waals surface area contributed by atoms with E-state index in [0.29, 0.717) is 18.3 Å². The molecule has 0 spiro atoms. The monoisotopic (exact) mass is 381 g/mol. The van der Waals surface area contributed by atoms with E-state index < -0.39 is 11.9 Å². The van der Waals surface area contributed by atoms with Gasteiger partial charge in [0.15, 0.2) is 0 Å². The Bertz CT molecular complexity index is 728. The van der Waals surface area contributed by atoms with Crippen LogP contribution >= 0.6 is 11.3 Å². The average Bonchev–Trinajstić information content (AvgIpc) is 3.32. The zero-order chi connectivity index (χ0) is 18.8. The van der Waals surface area contributed by atoms with Crippen LogP contribution in [0.1, 0.15) is 57.7 Å². The second kappa shape index (κ2) is 7.65. The molecule has 2 bridgehead atoms. The van der Waals surface area contributed by atoms with Crippen LogP contribution in [0.25, 0.3) is 0 Å². The number of rotatable bonds is 6. The van der Waals surface area contributed by atoms with E-state index in [-0.39, 0.29) is 33.6 Å². The maximum atomic E-state index is 12.3. The standard InChI is InChI=1S/C18H23NO6S/c1-23-17(21)14-12(15(18(22)24-2)26-16(14)19)8-25-13(20)7-11-6-9-3-4-10(11)5-9/h9-11H,3-8,19H2,1-2H3/t9-,10-,11-/m1/s1. The van der Waals surface area contributed by atoms with Gasteiger partial charge in [-0.15, -0.1) is 11.3 Å². The highest BCUT2D eigenvalue weighted by molar-refractivity contribution is 7.18. The highest BCUT2D eigenvalue weighted by Gasteiger charge is 2.40. The summed E-state index contributed by atoms with van der Waals surface area (Å²) >= 11 is 0.923. The number of methoxy groups -OCH3 is 2. The number of nitrogens with two attached hydrogens (primary N) is 1. The van der Waals surface area contributed by atoms with Gasteiger partial charge in [0.05, 0.1) is 14.2 Å². The smallest absolute Gasteiger partial charge is 0.348 e. The Balaban J connectivity index is 1.70. The molecular weight excluding hydrogens is 358 g/mol. The van der Waals surface area contributed by atoms with Crippen molar-refractivity contribution < 1.29 is 28.6 Å². The zero-order valence-electron chi connectivity index (χ0n) is 14.9. The Morgan fingerprint density at radius 1 is 1.12 bits per heavy atom. The molecule has 0 amide bonds. The minimum atomic E-state index is -0.673. The molecular formula is C18H23NO6S. The Kier molecular flexibility index (Phi) is 5.50. The third-order valence-corrected chi connectivity index (χ3v) is 6.53. The number of thiophene rings is 1. The molecule has 0 radical (unpaired) electrons. The molecule has 142 valence electrons. The van der Waals surface area contributed by atoms with Crippen LogP contribution in [0.4, 0.5) is 5.00 Å². The number of hydrogen-bond donors (Lipinski definition) is 1. The molecule has 2 saturated carbocycles. The molecule has 0 aromatic carbocycles. The molecule has 0 unspecified atom stereocenters. The van der Waals surface area contributed by atoms with Gasteiger partial charge in [0.25, 0.3) is 0 Å². The lowest BCUT2D eigenvalue weighted by Crippen LogP contribution is -2.18. The van der Waals surface area contributed by atoms with E-state index in [1.165, 1.54) is 33.5 Å². The average molecular weight is 381 g/mol. The van der Waals surface area contributed by atoms with Crippen molar-refractivity contribution in [3.05, 3.63) is 16.0 Å². The van der Waals surface area contributed by atoms with E-state index >= 15 is 0 Å². The van der Waals surface area contributed by atoms with E-state index in [2.05, 4.69) is 0 Å². The molecule has 1 heterocycles. The Hall–Kier alpha value is -2.09. The van der Waals surface area contributed by atoms with Crippen LogP contribution in [0.3, 0.4) is 0 Å². The van der Waals surface area contributed by atoms with E-state index in [0.717, 1.165) is 23.7 Å². The number of nitrogen functional groups attached to an aromatic ring is 1. The molecule has 3 rings (SSSR count). The van der Waals surface area contributed by atoms with E-state index in [1.54, 1.807) is 0 Å². The van der Waals surface area contributed by atoms with Gasteiger partial charge < -0.3 is 19.9 Å². The van der Waals surface area contributed by atoms with Gasteiger partial charge in [-0.25, -0.2) is 9.59 Å². The number of carbonyl (C=O) groups is 3. The highest BCUT2D eigenvalue weighted by atomic mass is 32.1. The second-order valence-corrected chi connectivity index (χ2v) is 7.98. The number of anilines is 1. The van der Waals surface area contributed by atoms with Crippen molar-refractivity contribution in [1.82, 2.24) is 0 Å². The summed E-state index contributed by atoms with van der Waals surface area (Å²) in [6, 6.07) is 0. The molecule has 2 fully saturated rings. The minimum absolute atomic E-state index is 0.0608. The largest absolute Gasteiger partial charge is 0.465 e. The molecule has 0 aliphatic heterocycles. The molecule has 1 aromatic rings. The fourth-order valence-corrected chi connectivity index (χ4v) is 5.24. The molecule has 2 aliphatic carbocycles. The number of ether oxygens (including phenoxy) is 3. The fourth-order valence-electron chi connectivity index (χ4n) is 4.26. The molecule has 2 N–H and O–H groups in total. The quantitative estimate of drug-likeness (QED) is 0.596. The van der Waals surface area contributed by atoms with E-state index in [9.17, 15) is 14.4 Å². The van der Waals surface area contributed by atoms with Gasteiger partial charge in [0.2, 0.25) is 0 Å². The van der Waals surface area contributed by atoms with Crippen LogP contribution in [0.15, 0.2) is 0 Å². The molecule has 1 aromatic heterocycles. The van der Waals surface area contributed by atoms with E-state index in [1.807, 2.05) is 0 Å². The SMILES string of the molecule is COC(=O)c1sc(N)c(C(=O)OC)c1COC(=O)C[C@H]1C[C@@H]2CC[C@@H]1C2. The van der Waals surface area contributed by atoms with Crippen LogP contribution in [0.2, 0.25) is 0 Å². The van der Waals surface area contributed by atoms with Gasteiger partial charge in [-0.2, -0.15) is 0 Å². The third kappa shape index (κ3) is 3.56. The van der Waals surface area contributed by atoms with Crippen LogP contribution in [0, 0.1) is 17.8 Å². The lowest BCUT2D eigenvalue weighted by molar-refractivity contribution is -0.146. The summed E-state index contributed by atoms with van der Waals surface area (Å²) in [6.07, 6.45) is 5.16. The Morgan fingerprint density at radius 3 is 2.42 bits per heavy atom. The Morgan fingerprint density at radius 2 is 1.85 bits per heavy atom. The van der Waals surface area contributed by atoms with Gasteiger partial charge in [-0.05, 0) is 37.0 Å². The summed E-state index contributed by atoms with van der Waals surface area (Å²) in [5.41, 5.74) is 6.16. The first kappa shape index (κ1) is 18.7. The van der Waals surface area contributed by atoms with Gasteiger partial charge in [0.1, 0.15) is 22.0 Å². The van der Waals surface area contributed by atoms with Gasteiger partial charge in [-0.3, -0.25) is 4.79 Å². The van der Waals surface area contributed by atoms with Gasteiger partial charge >= 0.3 is 17.9 Å². The zero-order valence-corrected chi connectivity index (χ0v) is 15.7. The van der Waals surface area contributed by atoms with E-state index in [4.69, 9.17) is 19.9 Å². The lowest BCUT2D eigenvalue weighted by Gasteiger charge is -2.20. The van der Waals surface area contributed by atoms with Crippen molar-refractivity contribution in [2.24, 2.45) is 17.8 Å². The fraction of sp³-hybridized carbons (Fsp3) is 0.611. The molecule has 26 heavy (non-hydrogen) atoms. The molecule has 3 atom stereocenters. The number of hydrogen-bond acceptors (Lipinski definition) is 8. The van der Waals surface area contributed by atoms with Crippen LogP contribution in [-0.2, 0) is 25.6 Å². The second-order valence-electron chi connectivity index (χ2n) is 6.93. The summed E-state index contributed by atoms with van der Waals surface area (Å²) in [4.78, 5) is 36.4. The third-order valence-electron chi connectivity index (χ3n) is 5.49. The van der Waals surface area contributed by atoms with Crippen molar-refractivity contribution in [3.63, 3.8) is 0 Å². The molecule has 0 saturated heterocycles. The van der Waals surface area contributed by atoms with Crippen molar-refractivity contribution in [2.45, 2.75) is 38.7 Å². The predicted octanol–water partition coefficient (Wildman–Crippen LogP) is 2.77. The van der Waals surface area contributed by atoms with Crippen LogP contribution in [-0.4, -0.2) is 32.1 Å². The van der Waals surface area contributed by atoms with Gasteiger partial charge in [0, 0.05) is 12.0 Å². The lowest BCUT2D eigenvalue weighted by atomic mass is 9.86. The first-order valence-electron chi connectivity index (χ1n) is 8.68. The van der Waals surface area contributed by atoms with Crippen LogP contribution < -0.4 is 5.73 Å². The van der Waals surface area contributed by atoms with Crippen molar-refractivity contribution >= 4 is 34.2 Å². The molecule has 2 aliphatic rings. The summed E-state index contributed by atoms with van der Waals surface area (Å²) in [7, 11) is 2.46. The maximum Gasteiger partial charge on any atom is 0.348 e. The van der Waals surface area contributed by atoms with Crippen LogP contribution in [0.5, 0.6) is 0 Å². The van der Waals surface area contributed by atoms with Crippen molar-refractivity contribution in [3.8, 4) is 0 Å². The normalized spacial score (nSPS) is 23.7. The van der Waals surface area contributed by atoms with Crippen molar-refractivity contribution in [1.29, 1.82) is 0 Å². The molecule has 7 nitrogen and oxygen atoms in total. The Labute approximate surface area is 155 Å². The highest BCUT2D eigenvalue weighted by Crippen LogP contribution is 2.49. The number of carbonyl (C=O) groups excluding carboxylic acids is 3. The number of esters is 3. The summed E-state index contributed by atoms with van der Waals surface area (Å²) in [5.74, 6) is 0.142. The minimum Gasteiger partial charge on any atom is -0.465 e. The summed E-state index contributed by atoms with van der Waals surface area (Å²) in [5, 5.41) is 0.136. The van der Waals surface area contributed by atoms with Gasteiger partial charge in [-0.1, -0.05) is 6.42 Å². The molecule has 8 heteroatoms. The maximum absolute atomic E-state index is 12.3. The predicted molar refractivity (Wildman–Crippen MR) is 94.8 cm³/mol. The van der Waals surface area contributed by atoms with Crippen molar-refractivity contribution in [2.75, 3.05) is 20.0 Å². The summed E-state index contributed by atoms with van der Waals surface area (Å²) < 4.78 is 14.8. The number of fused-ring (bicyclic) bond motifs is 2. The first-order valence-corrected chi connectivity index (χ1v) is 9.49. The summed E-state index contributed by atoms with van der Waals surface area (Å²) in [6.45, 7) is -0.206. The first-order chi connectivity index (χ1) is 12.4. The topological polar surface area (TPSA) is 105 Å².